The van der Waals surface area contributed by atoms with Crippen molar-refractivity contribution in [3.63, 3.8) is 0 Å². The van der Waals surface area contributed by atoms with E-state index in [0.717, 1.165) is 29.8 Å². The Morgan fingerprint density at radius 1 is 1.15 bits per heavy atom. The first-order chi connectivity index (χ1) is 12.3. The second-order valence-electron chi connectivity index (χ2n) is 5.39. The summed E-state index contributed by atoms with van der Waals surface area (Å²) >= 11 is 0. The average Bonchev–Trinajstić information content (AvgIpc) is 3.25. The highest BCUT2D eigenvalue weighted by Crippen LogP contribution is 2.29. The van der Waals surface area contributed by atoms with Gasteiger partial charge in [-0.25, -0.2) is 13.1 Å². The molecule has 138 valence electrons. The molecule has 0 bridgehead atoms. The molecule has 10 heteroatoms. The van der Waals surface area contributed by atoms with Gasteiger partial charge in [0.25, 0.3) is 0 Å². The van der Waals surface area contributed by atoms with Gasteiger partial charge in [0.1, 0.15) is 5.76 Å². The van der Waals surface area contributed by atoms with E-state index >= 15 is 0 Å². The summed E-state index contributed by atoms with van der Waals surface area (Å²) in [6.07, 6.45) is 0.306. The molecule has 0 aliphatic heterocycles. The molecule has 0 radical (unpaired) electrons. The number of nitrogens with zero attached hydrogens (tertiary/aromatic N) is 2. The van der Waals surface area contributed by atoms with E-state index in [0.29, 0.717) is 5.76 Å². The van der Waals surface area contributed by atoms with E-state index in [-0.39, 0.29) is 18.0 Å². The quantitative estimate of drug-likeness (QED) is 0.707. The molecule has 0 spiro atoms. The second kappa shape index (κ2) is 6.96. The van der Waals surface area contributed by atoms with Gasteiger partial charge in [-0.15, -0.1) is 0 Å². The molecule has 0 amide bonds. The van der Waals surface area contributed by atoms with Crippen LogP contribution in [0.5, 0.6) is 0 Å². The molecule has 0 fully saturated rings. The van der Waals surface area contributed by atoms with Gasteiger partial charge >= 0.3 is 6.18 Å². The van der Waals surface area contributed by atoms with Gasteiger partial charge in [-0.05, 0) is 36.4 Å². The van der Waals surface area contributed by atoms with E-state index in [4.69, 9.17) is 4.42 Å². The van der Waals surface area contributed by atoms with E-state index in [1.165, 1.54) is 10.9 Å². The fourth-order valence-electron chi connectivity index (χ4n) is 2.26. The predicted octanol–water partition coefficient (Wildman–Crippen LogP) is 3.14. The zero-order valence-electron chi connectivity index (χ0n) is 13.3. The number of sulfonamides is 1. The summed E-state index contributed by atoms with van der Waals surface area (Å²) in [7, 11) is -3.91. The Bertz CT molecular complexity index is 962. The first kappa shape index (κ1) is 18.2. The molecule has 3 aromatic rings. The lowest BCUT2D eigenvalue weighted by molar-refractivity contribution is -0.137. The number of benzene rings is 1. The molecule has 0 aliphatic rings. The first-order valence-electron chi connectivity index (χ1n) is 7.49. The minimum Gasteiger partial charge on any atom is -0.464 e. The SMILES string of the molecule is O=S(=O)(NCCn1cc(-c2ccco2)cn1)c1ccc(C(F)(F)F)cc1. The Balaban J connectivity index is 1.60. The summed E-state index contributed by atoms with van der Waals surface area (Å²) in [5, 5.41) is 4.10. The fraction of sp³-hybridized carbons (Fsp3) is 0.188. The van der Waals surface area contributed by atoms with Crippen molar-refractivity contribution in [2.45, 2.75) is 17.6 Å². The van der Waals surface area contributed by atoms with Crippen LogP contribution in [0.2, 0.25) is 0 Å². The molecule has 0 atom stereocenters. The van der Waals surface area contributed by atoms with Crippen molar-refractivity contribution >= 4 is 10.0 Å². The van der Waals surface area contributed by atoms with Crippen LogP contribution in [0.3, 0.4) is 0 Å². The van der Waals surface area contributed by atoms with Crippen molar-refractivity contribution in [1.82, 2.24) is 14.5 Å². The van der Waals surface area contributed by atoms with Crippen LogP contribution in [0.15, 0.2) is 64.4 Å². The topological polar surface area (TPSA) is 77.1 Å². The van der Waals surface area contributed by atoms with Crippen LogP contribution in [-0.4, -0.2) is 24.7 Å². The molecule has 2 aromatic heterocycles. The standard InChI is InChI=1S/C16H14F3N3O3S/c17-16(18,19)13-3-5-14(6-4-13)26(23,24)21-7-8-22-11-12(10-20-22)15-2-1-9-25-15/h1-6,9-11,21H,7-8H2. The Morgan fingerprint density at radius 3 is 2.50 bits per heavy atom. The minimum atomic E-state index is -4.51. The highest BCUT2D eigenvalue weighted by atomic mass is 32.2. The monoisotopic (exact) mass is 385 g/mol. The molecular weight excluding hydrogens is 371 g/mol. The molecule has 26 heavy (non-hydrogen) atoms. The Hall–Kier alpha value is -2.59. The molecule has 3 rings (SSSR count). The van der Waals surface area contributed by atoms with Crippen LogP contribution in [-0.2, 0) is 22.7 Å². The van der Waals surface area contributed by atoms with Gasteiger partial charge in [-0.3, -0.25) is 4.68 Å². The fourth-order valence-corrected chi connectivity index (χ4v) is 3.28. The van der Waals surface area contributed by atoms with Gasteiger partial charge in [0, 0.05) is 12.7 Å². The lowest BCUT2D eigenvalue weighted by Crippen LogP contribution is -2.27. The number of hydrogen-bond acceptors (Lipinski definition) is 4. The predicted molar refractivity (Wildman–Crippen MR) is 86.6 cm³/mol. The third-order valence-electron chi connectivity index (χ3n) is 3.56. The number of rotatable bonds is 6. The second-order valence-corrected chi connectivity index (χ2v) is 7.16. The van der Waals surface area contributed by atoms with E-state index < -0.39 is 21.8 Å². The summed E-state index contributed by atoms with van der Waals surface area (Å²) < 4.78 is 71.0. The van der Waals surface area contributed by atoms with Crippen LogP contribution in [0, 0.1) is 0 Å². The Labute approximate surface area is 147 Å². The normalized spacial score (nSPS) is 12.4. The Morgan fingerprint density at radius 2 is 1.88 bits per heavy atom. The zero-order chi connectivity index (χ0) is 18.8. The summed E-state index contributed by atoms with van der Waals surface area (Å²) in [6, 6.07) is 6.83. The van der Waals surface area contributed by atoms with Crippen LogP contribution in [0.4, 0.5) is 13.2 Å². The summed E-state index contributed by atoms with van der Waals surface area (Å²) in [5.74, 6) is 0.640. The lowest BCUT2D eigenvalue weighted by Gasteiger charge is -2.09. The third kappa shape index (κ3) is 4.14. The zero-order valence-corrected chi connectivity index (χ0v) is 14.1. The van der Waals surface area contributed by atoms with Crippen molar-refractivity contribution in [2.75, 3.05) is 6.54 Å². The molecule has 0 saturated heterocycles. The molecule has 0 saturated carbocycles. The molecule has 6 nitrogen and oxygen atoms in total. The van der Waals surface area contributed by atoms with Gasteiger partial charge in [-0.1, -0.05) is 0 Å². The van der Waals surface area contributed by atoms with Crippen molar-refractivity contribution < 1.29 is 26.0 Å². The molecule has 1 N–H and O–H groups in total. The van der Waals surface area contributed by atoms with Crippen LogP contribution >= 0.6 is 0 Å². The maximum Gasteiger partial charge on any atom is 0.416 e. The summed E-state index contributed by atoms with van der Waals surface area (Å²) in [4.78, 5) is -0.234. The van der Waals surface area contributed by atoms with Crippen LogP contribution < -0.4 is 4.72 Å². The van der Waals surface area contributed by atoms with Crippen molar-refractivity contribution in [2.24, 2.45) is 0 Å². The Kier molecular flexibility index (Phi) is 4.88. The van der Waals surface area contributed by atoms with Gasteiger partial charge < -0.3 is 4.42 Å². The molecule has 1 aromatic carbocycles. The number of nitrogens with one attached hydrogen (secondary N) is 1. The average molecular weight is 385 g/mol. The maximum absolute atomic E-state index is 12.5. The largest absolute Gasteiger partial charge is 0.464 e. The third-order valence-corrected chi connectivity index (χ3v) is 5.04. The van der Waals surface area contributed by atoms with Gasteiger partial charge in [0.2, 0.25) is 10.0 Å². The molecular formula is C16H14F3N3O3S. The minimum absolute atomic E-state index is 0.0304. The first-order valence-corrected chi connectivity index (χ1v) is 8.97. The number of hydrogen-bond donors (Lipinski definition) is 1. The number of aromatic nitrogens is 2. The van der Waals surface area contributed by atoms with Gasteiger partial charge in [-0.2, -0.15) is 18.3 Å². The van der Waals surface area contributed by atoms with E-state index in [9.17, 15) is 21.6 Å². The van der Waals surface area contributed by atoms with E-state index in [1.807, 2.05) is 0 Å². The number of halogens is 3. The molecule has 0 unspecified atom stereocenters. The van der Waals surface area contributed by atoms with Gasteiger partial charge in [0.15, 0.2) is 0 Å². The number of furan rings is 1. The number of alkyl halides is 3. The van der Waals surface area contributed by atoms with Crippen LogP contribution in [0.25, 0.3) is 11.3 Å². The summed E-state index contributed by atoms with van der Waals surface area (Å²) in [6.45, 7) is 0.281. The van der Waals surface area contributed by atoms with E-state index in [1.54, 1.807) is 24.5 Å². The lowest BCUT2D eigenvalue weighted by atomic mass is 10.2. The van der Waals surface area contributed by atoms with Crippen molar-refractivity contribution in [3.8, 4) is 11.3 Å². The summed E-state index contributed by atoms with van der Waals surface area (Å²) in [5.41, 5.74) is -0.154. The highest BCUT2D eigenvalue weighted by molar-refractivity contribution is 7.89. The highest BCUT2D eigenvalue weighted by Gasteiger charge is 2.30. The molecule has 0 aliphatic carbocycles. The van der Waals surface area contributed by atoms with E-state index in [2.05, 4.69) is 9.82 Å². The van der Waals surface area contributed by atoms with Crippen molar-refractivity contribution in [3.05, 3.63) is 60.6 Å². The maximum atomic E-state index is 12.5. The molecule has 2 heterocycles. The smallest absolute Gasteiger partial charge is 0.416 e. The van der Waals surface area contributed by atoms with Crippen molar-refractivity contribution in [1.29, 1.82) is 0 Å². The van der Waals surface area contributed by atoms with Crippen LogP contribution in [0.1, 0.15) is 5.56 Å². The van der Waals surface area contributed by atoms with Gasteiger partial charge in [0.05, 0.1) is 35.0 Å².